The van der Waals surface area contributed by atoms with Crippen LogP contribution < -0.4 is 10.9 Å². The number of hydrogen-bond acceptors (Lipinski definition) is 5. The van der Waals surface area contributed by atoms with Crippen LogP contribution in [0.1, 0.15) is 55.1 Å². The van der Waals surface area contributed by atoms with Crippen LogP contribution in [0.2, 0.25) is 0 Å². The van der Waals surface area contributed by atoms with Crippen molar-refractivity contribution in [2.45, 2.75) is 46.6 Å². The van der Waals surface area contributed by atoms with Crippen molar-refractivity contribution < 1.29 is 19.4 Å². The Morgan fingerprint density at radius 1 is 1.21 bits per heavy atom. The number of aryl methyl sites for hydroxylation is 1. The van der Waals surface area contributed by atoms with Crippen LogP contribution in [0.15, 0.2) is 41.3 Å². The Morgan fingerprint density at radius 3 is 2.55 bits per heavy atom. The van der Waals surface area contributed by atoms with Crippen molar-refractivity contribution in [2.24, 2.45) is 5.41 Å². The van der Waals surface area contributed by atoms with E-state index >= 15 is 0 Å². The summed E-state index contributed by atoms with van der Waals surface area (Å²) in [5.74, 6) is -1.49. The average Bonchev–Trinajstić information content (AvgIpc) is 2.79. The van der Waals surface area contributed by atoms with Gasteiger partial charge in [-0.15, -0.1) is 0 Å². The maximum Gasteiger partial charge on any atom is 0.267 e. The van der Waals surface area contributed by atoms with Crippen LogP contribution in [0.25, 0.3) is 11.0 Å². The highest BCUT2D eigenvalue weighted by Crippen LogP contribution is 2.26. The van der Waals surface area contributed by atoms with Gasteiger partial charge >= 0.3 is 0 Å². The van der Waals surface area contributed by atoms with E-state index in [4.69, 9.17) is 0 Å². The van der Waals surface area contributed by atoms with Gasteiger partial charge in [0.05, 0.1) is 5.52 Å². The number of pyridine rings is 2. The number of fused-ring (bicyclic) bond motifs is 1. The van der Waals surface area contributed by atoms with Crippen molar-refractivity contribution in [1.82, 2.24) is 14.9 Å². The second-order valence-corrected chi connectivity index (χ2v) is 9.05. The molecule has 0 atom stereocenters. The lowest BCUT2D eigenvalue weighted by atomic mass is 9.95. The molecule has 2 heterocycles. The van der Waals surface area contributed by atoms with E-state index in [0.717, 1.165) is 17.5 Å². The normalized spacial score (nSPS) is 11.7. The fraction of sp³-hybridized carbons (Fsp3) is 0.400. The molecule has 7 nitrogen and oxygen atoms in total. The van der Waals surface area contributed by atoms with Gasteiger partial charge in [-0.1, -0.05) is 39.3 Å². The first-order chi connectivity index (χ1) is 15.7. The summed E-state index contributed by atoms with van der Waals surface area (Å²) >= 11 is 0. The molecule has 0 aliphatic rings. The summed E-state index contributed by atoms with van der Waals surface area (Å²) in [4.78, 5) is 30.5. The lowest BCUT2D eigenvalue weighted by Gasteiger charge is -2.22. The molecule has 0 aliphatic heterocycles. The Labute approximate surface area is 191 Å². The standard InChI is InChI=1S/C25H30FN3O4/c1-4-5-10-29-19-12-17(11-16-6-8-18(26)9-7-16)13-27-21(19)22(31)20(24(29)33)23(32)28-14-25(2,3)15-30/h6-9,12-13,30-31H,4-5,10-11,14-15H2,1-3H3,(H,28,32). The molecule has 0 aliphatic carbocycles. The molecule has 8 heteroatoms. The second-order valence-electron chi connectivity index (χ2n) is 9.05. The molecule has 0 bridgehead atoms. The van der Waals surface area contributed by atoms with E-state index in [-0.39, 0.29) is 30.0 Å². The number of aromatic hydroxyl groups is 1. The molecule has 1 amide bonds. The summed E-state index contributed by atoms with van der Waals surface area (Å²) in [5, 5.41) is 22.9. The number of carbonyl (C=O) groups excluding carboxylic acids is 1. The summed E-state index contributed by atoms with van der Waals surface area (Å²) in [5.41, 5.74) is 0.765. The van der Waals surface area contributed by atoms with Gasteiger partial charge in [-0.25, -0.2) is 4.39 Å². The number of unbranched alkanes of at least 4 members (excludes halogenated alkanes) is 1. The van der Waals surface area contributed by atoms with Crippen molar-refractivity contribution >= 4 is 16.9 Å². The van der Waals surface area contributed by atoms with E-state index < -0.39 is 22.6 Å². The quantitative estimate of drug-likeness (QED) is 0.459. The molecule has 176 valence electrons. The molecule has 0 radical (unpaired) electrons. The first-order valence-electron chi connectivity index (χ1n) is 11.0. The monoisotopic (exact) mass is 455 g/mol. The summed E-state index contributed by atoms with van der Waals surface area (Å²) in [7, 11) is 0. The smallest absolute Gasteiger partial charge is 0.267 e. The minimum Gasteiger partial charge on any atom is -0.505 e. The number of hydrogen-bond donors (Lipinski definition) is 3. The molecular formula is C25H30FN3O4. The Morgan fingerprint density at radius 2 is 1.91 bits per heavy atom. The zero-order valence-corrected chi connectivity index (χ0v) is 19.2. The van der Waals surface area contributed by atoms with Gasteiger partial charge in [0.2, 0.25) is 0 Å². The van der Waals surface area contributed by atoms with Crippen molar-refractivity contribution in [1.29, 1.82) is 0 Å². The third-order valence-electron chi connectivity index (χ3n) is 5.57. The van der Waals surface area contributed by atoms with Crippen molar-refractivity contribution in [3.8, 4) is 5.75 Å². The van der Waals surface area contributed by atoms with E-state index in [0.29, 0.717) is 24.9 Å². The largest absolute Gasteiger partial charge is 0.505 e. The van der Waals surface area contributed by atoms with Crippen molar-refractivity contribution in [2.75, 3.05) is 13.2 Å². The highest BCUT2D eigenvalue weighted by atomic mass is 19.1. The molecule has 3 N–H and O–H groups in total. The molecule has 0 spiro atoms. The third-order valence-corrected chi connectivity index (χ3v) is 5.57. The first kappa shape index (κ1) is 24.4. The zero-order chi connectivity index (χ0) is 24.2. The highest BCUT2D eigenvalue weighted by molar-refractivity contribution is 6.01. The minimum absolute atomic E-state index is 0.137. The van der Waals surface area contributed by atoms with E-state index in [9.17, 15) is 24.2 Å². The number of halogens is 1. The lowest BCUT2D eigenvalue weighted by Crippen LogP contribution is -2.39. The van der Waals surface area contributed by atoms with Crippen molar-refractivity contribution in [3.05, 3.63) is 69.4 Å². The molecule has 3 aromatic rings. The number of aliphatic hydroxyl groups is 1. The van der Waals surface area contributed by atoms with E-state index in [1.165, 1.54) is 16.7 Å². The molecule has 0 saturated heterocycles. The third kappa shape index (κ3) is 5.57. The van der Waals surface area contributed by atoms with Gasteiger partial charge in [-0.2, -0.15) is 0 Å². The van der Waals surface area contributed by atoms with Gasteiger partial charge in [-0.3, -0.25) is 14.6 Å². The molecule has 2 aromatic heterocycles. The summed E-state index contributed by atoms with van der Waals surface area (Å²) < 4.78 is 14.7. The van der Waals surface area contributed by atoms with Crippen LogP contribution in [-0.4, -0.2) is 38.8 Å². The van der Waals surface area contributed by atoms with E-state index in [2.05, 4.69) is 10.3 Å². The first-order valence-corrected chi connectivity index (χ1v) is 11.0. The summed E-state index contributed by atoms with van der Waals surface area (Å²) in [6, 6.07) is 7.91. The molecule has 0 saturated carbocycles. The Hall–Kier alpha value is -3.26. The van der Waals surface area contributed by atoms with Gasteiger partial charge in [0.15, 0.2) is 5.75 Å². The topological polar surface area (TPSA) is 104 Å². The summed E-state index contributed by atoms with van der Waals surface area (Å²) in [6.07, 6.45) is 3.60. The number of amides is 1. The number of nitrogens with zero attached hydrogens (tertiary/aromatic N) is 2. The van der Waals surface area contributed by atoms with E-state index in [1.807, 2.05) is 6.92 Å². The Balaban J connectivity index is 2.06. The SMILES string of the molecule is CCCCn1c(=O)c(C(=O)NCC(C)(C)CO)c(O)c2ncc(Cc3ccc(F)cc3)cc21. The fourth-order valence-electron chi connectivity index (χ4n) is 3.49. The predicted octanol–water partition coefficient (Wildman–Crippen LogP) is 3.38. The number of nitrogens with one attached hydrogen (secondary N) is 1. The number of aliphatic hydroxyl groups excluding tert-OH is 1. The second kappa shape index (κ2) is 10.1. The van der Waals surface area contributed by atoms with Gasteiger partial charge in [0.25, 0.3) is 11.5 Å². The molecule has 0 unspecified atom stereocenters. The van der Waals surface area contributed by atoms with Gasteiger partial charge in [-0.05, 0) is 42.2 Å². The zero-order valence-electron chi connectivity index (χ0n) is 19.2. The van der Waals surface area contributed by atoms with Crippen LogP contribution in [0, 0.1) is 11.2 Å². The van der Waals surface area contributed by atoms with Crippen LogP contribution in [-0.2, 0) is 13.0 Å². The Bertz CT molecular complexity index is 1200. The van der Waals surface area contributed by atoms with Gasteiger partial charge < -0.3 is 20.1 Å². The Kier molecular flexibility index (Phi) is 7.48. The molecule has 33 heavy (non-hydrogen) atoms. The van der Waals surface area contributed by atoms with Crippen LogP contribution in [0.5, 0.6) is 5.75 Å². The minimum atomic E-state index is -0.705. The van der Waals surface area contributed by atoms with E-state index in [1.54, 1.807) is 38.2 Å². The van der Waals surface area contributed by atoms with Gasteiger partial charge in [0.1, 0.15) is 16.9 Å². The van der Waals surface area contributed by atoms with Gasteiger partial charge in [0, 0.05) is 31.3 Å². The van der Waals surface area contributed by atoms with Crippen LogP contribution in [0.4, 0.5) is 4.39 Å². The summed E-state index contributed by atoms with van der Waals surface area (Å²) in [6.45, 7) is 5.91. The number of rotatable bonds is 9. The van der Waals surface area contributed by atoms with Crippen LogP contribution >= 0.6 is 0 Å². The predicted molar refractivity (Wildman–Crippen MR) is 125 cm³/mol. The van der Waals surface area contributed by atoms with Crippen LogP contribution in [0.3, 0.4) is 0 Å². The highest BCUT2D eigenvalue weighted by Gasteiger charge is 2.25. The van der Waals surface area contributed by atoms with Crippen molar-refractivity contribution in [3.63, 3.8) is 0 Å². The molecule has 1 aromatic carbocycles. The average molecular weight is 456 g/mol. The molecule has 3 rings (SSSR count). The number of aromatic nitrogens is 2. The fourth-order valence-corrected chi connectivity index (χ4v) is 3.49. The lowest BCUT2D eigenvalue weighted by molar-refractivity contribution is 0.0906. The number of carbonyl (C=O) groups is 1. The molecule has 0 fully saturated rings. The molecular weight excluding hydrogens is 425 g/mol. The maximum absolute atomic E-state index is 13.3. The number of benzene rings is 1. The maximum atomic E-state index is 13.3.